The van der Waals surface area contributed by atoms with Crippen LogP contribution in [-0.2, 0) is 4.74 Å². The lowest BCUT2D eigenvalue weighted by molar-refractivity contribution is -0.538. The summed E-state index contributed by atoms with van der Waals surface area (Å²) >= 11 is 1.28. The van der Waals surface area contributed by atoms with Gasteiger partial charge in [0.25, 0.3) is 0 Å². The van der Waals surface area contributed by atoms with E-state index in [0.717, 1.165) is 46.5 Å². The molecule has 0 fully saturated rings. The van der Waals surface area contributed by atoms with E-state index in [-0.39, 0.29) is 0 Å². The number of anilines is 1. The third-order valence-corrected chi connectivity index (χ3v) is 6.96. The Labute approximate surface area is 213 Å². The summed E-state index contributed by atoms with van der Waals surface area (Å²) in [7, 11) is 1.36. The average Bonchev–Trinajstić information content (AvgIpc) is 3.40. The second-order valence-corrected chi connectivity index (χ2v) is 9.04. The number of fused-ring (bicyclic) bond motifs is 2. The van der Waals surface area contributed by atoms with E-state index >= 15 is 0 Å². The number of esters is 1. The van der Waals surface area contributed by atoms with Gasteiger partial charge in [-0.05, 0) is 49.6 Å². The number of methoxy groups -OCH3 is 1. The Balaban J connectivity index is 1.69. The highest BCUT2D eigenvalue weighted by atomic mass is 32.1. The molecule has 8 heteroatoms. The van der Waals surface area contributed by atoms with E-state index in [2.05, 4.69) is 63.9 Å². The van der Waals surface area contributed by atoms with Crippen molar-refractivity contribution in [3.63, 3.8) is 0 Å². The van der Waals surface area contributed by atoms with Crippen LogP contribution in [0.15, 0.2) is 88.4 Å². The number of carbonyl (C=O) groups is 1. The molecule has 0 N–H and O–H groups in total. The van der Waals surface area contributed by atoms with E-state index in [1.54, 1.807) is 11.4 Å². The second-order valence-electron chi connectivity index (χ2n) is 8.13. The molecule has 2 aromatic heterocycles. The number of azo groups is 1. The van der Waals surface area contributed by atoms with Crippen LogP contribution in [0, 0.1) is 0 Å². The number of hydrogen-bond donors (Lipinski definition) is 0. The van der Waals surface area contributed by atoms with Crippen LogP contribution in [0.1, 0.15) is 23.5 Å². The molecule has 0 spiro atoms. The Morgan fingerprint density at radius 3 is 2.39 bits per heavy atom. The lowest BCUT2D eigenvalue weighted by Gasteiger charge is -2.20. The number of nitrogens with zero attached hydrogens (tertiary/aromatic N) is 5. The molecule has 5 rings (SSSR count). The molecule has 0 unspecified atom stereocenters. The summed E-state index contributed by atoms with van der Waals surface area (Å²) in [5.74, 6) is -0.418. The Morgan fingerprint density at radius 2 is 1.67 bits per heavy atom. The van der Waals surface area contributed by atoms with Crippen LogP contribution in [0.3, 0.4) is 0 Å². The summed E-state index contributed by atoms with van der Waals surface area (Å²) in [5, 5.41) is 10.6. The molecular formula is C28H26N5O2S+. The molecular weight excluding hydrogens is 470 g/mol. The molecule has 0 radical (unpaired) electrons. The minimum atomic E-state index is -0.418. The number of thiophene rings is 1. The van der Waals surface area contributed by atoms with Crippen molar-refractivity contribution in [3.05, 3.63) is 83.1 Å². The molecule has 7 nitrogen and oxygen atoms in total. The Morgan fingerprint density at radius 1 is 0.944 bits per heavy atom. The first-order valence-corrected chi connectivity index (χ1v) is 12.7. The fraction of sp³-hybridized carbons (Fsp3) is 0.179. The van der Waals surface area contributed by atoms with Gasteiger partial charge in [0.1, 0.15) is 21.6 Å². The van der Waals surface area contributed by atoms with Crippen molar-refractivity contribution >= 4 is 56.4 Å². The largest absolute Gasteiger partial charge is 0.465 e. The van der Waals surface area contributed by atoms with Crippen LogP contribution in [0.25, 0.3) is 27.8 Å². The number of benzene rings is 3. The zero-order valence-electron chi connectivity index (χ0n) is 20.4. The average molecular weight is 497 g/mol. The molecule has 2 heterocycles. The molecule has 0 aliphatic carbocycles. The number of ether oxygens (including phenoxy) is 1. The Hall–Kier alpha value is -4.17. The van der Waals surface area contributed by atoms with Gasteiger partial charge in [0.15, 0.2) is 0 Å². The molecule has 0 saturated heterocycles. The minimum Gasteiger partial charge on any atom is -0.465 e. The summed E-state index contributed by atoms with van der Waals surface area (Å²) in [5.41, 5.74) is 7.04. The summed E-state index contributed by atoms with van der Waals surface area (Å²) < 4.78 is 7.06. The first-order chi connectivity index (χ1) is 17.6. The van der Waals surface area contributed by atoms with Crippen molar-refractivity contribution in [1.82, 2.24) is 4.98 Å². The highest BCUT2D eigenvalue weighted by molar-refractivity contribution is 7.12. The fourth-order valence-electron chi connectivity index (χ4n) is 4.27. The van der Waals surface area contributed by atoms with E-state index in [9.17, 15) is 4.79 Å². The quantitative estimate of drug-likeness (QED) is 0.108. The van der Waals surface area contributed by atoms with E-state index in [0.29, 0.717) is 16.3 Å². The van der Waals surface area contributed by atoms with E-state index in [4.69, 9.17) is 9.72 Å². The molecule has 0 atom stereocenters. The molecule has 0 saturated carbocycles. The smallest absolute Gasteiger partial charge is 0.350 e. The van der Waals surface area contributed by atoms with Gasteiger partial charge in [-0.25, -0.2) is 9.78 Å². The summed E-state index contributed by atoms with van der Waals surface area (Å²) in [6.07, 6.45) is 0. The van der Waals surface area contributed by atoms with Gasteiger partial charge in [0, 0.05) is 43.0 Å². The van der Waals surface area contributed by atoms with Gasteiger partial charge >= 0.3 is 5.97 Å². The van der Waals surface area contributed by atoms with Crippen molar-refractivity contribution in [1.29, 1.82) is 0 Å². The van der Waals surface area contributed by atoms with Crippen LogP contribution < -0.4 is 9.47 Å². The number of hydrogen-bond acceptors (Lipinski definition) is 7. The van der Waals surface area contributed by atoms with Gasteiger partial charge in [0.2, 0.25) is 16.7 Å². The molecule has 180 valence electrons. The van der Waals surface area contributed by atoms with Gasteiger partial charge in [-0.3, -0.25) is 0 Å². The van der Waals surface area contributed by atoms with E-state index in [1.165, 1.54) is 18.4 Å². The monoisotopic (exact) mass is 496 g/mol. The normalized spacial score (nSPS) is 11.4. The lowest BCUT2D eigenvalue weighted by Crippen LogP contribution is -2.33. The fourth-order valence-corrected chi connectivity index (χ4v) is 5.01. The predicted molar refractivity (Wildman–Crippen MR) is 144 cm³/mol. The molecule has 0 aliphatic rings. The Bertz CT molecular complexity index is 1580. The van der Waals surface area contributed by atoms with Gasteiger partial charge in [-0.2, -0.15) is 5.11 Å². The first-order valence-electron chi connectivity index (χ1n) is 11.8. The topological polar surface area (TPSA) is 71.0 Å². The van der Waals surface area contributed by atoms with E-state index < -0.39 is 5.97 Å². The van der Waals surface area contributed by atoms with Crippen molar-refractivity contribution in [3.8, 4) is 5.69 Å². The maximum Gasteiger partial charge on any atom is 0.350 e. The maximum atomic E-state index is 12.0. The van der Waals surface area contributed by atoms with E-state index in [1.807, 2.05) is 36.4 Å². The third kappa shape index (κ3) is 4.43. The van der Waals surface area contributed by atoms with Crippen molar-refractivity contribution in [2.24, 2.45) is 10.2 Å². The summed E-state index contributed by atoms with van der Waals surface area (Å²) in [6, 6.07) is 24.2. The van der Waals surface area contributed by atoms with Crippen LogP contribution in [-0.4, -0.2) is 31.2 Å². The SMILES string of the molecule is CCN(CC)c1ccc2nc3ccc(N=Nc4ccsc4C(=O)OC)cc3[n+](-c3ccccc3)c2c1. The number of para-hydroxylation sites is 1. The zero-order chi connectivity index (χ0) is 25.1. The number of rotatable bonds is 7. The first kappa shape index (κ1) is 23.6. The van der Waals surface area contributed by atoms with Crippen molar-refractivity contribution < 1.29 is 14.1 Å². The van der Waals surface area contributed by atoms with Crippen molar-refractivity contribution in [2.45, 2.75) is 13.8 Å². The number of aromatic nitrogens is 2. The highest BCUT2D eigenvalue weighted by Gasteiger charge is 2.21. The molecule has 5 aromatic rings. The maximum absolute atomic E-state index is 12.0. The lowest BCUT2D eigenvalue weighted by atomic mass is 10.1. The third-order valence-electron chi connectivity index (χ3n) is 6.07. The van der Waals surface area contributed by atoms with Crippen LogP contribution >= 0.6 is 11.3 Å². The molecule has 0 aliphatic heterocycles. The van der Waals surface area contributed by atoms with Crippen molar-refractivity contribution in [2.75, 3.05) is 25.1 Å². The van der Waals surface area contributed by atoms with Crippen LogP contribution in [0.5, 0.6) is 0 Å². The van der Waals surface area contributed by atoms with Crippen LogP contribution in [0.4, 0.5) is 17.1 Å². The Kier molecular flexibility index (Phi) is 6.69. The van der Waals surface area contributed by atoms with Gasteiger partial charge in [-0.1, -0.05) is 18.2 Å². The summed E-state index contributed by atoms with van der Waals surface area (Å²) in [4.78, 5) is 19.7. The second kappa shape index (κ2) is 10.2. The van der Waals surface area contributed by atoms with Gasteiger partial charge in [-0.15, -0.1) is 21.0 Å². The van der Waals surface area contributed by atoms with Crippen LogP contribution in [0.2, 0.25) is 0 Å². The summed E-state index contributed by atoms with van der Waals surface area (Å²) in [6.45, 7) is 6.17. The molecule has 3 aromatic carbocycles. The molecule has 0 amide bonds. The highest BCUT2D eigenvalue weighted by Crippen LogP contribution is 2.29. The molecule has 36 heavy (non-hydrogen) atoms. The predicted octanol–water partition coefficient (Wildman–Crippen LogP) is 6.77. The molecule has 0 bridgehead atoms. The standard InChI is InChI=1S/C28H26N5O2S/c1-4-32(5-2)21-12-14-23-26(18-21)33(20-9-7-6-8-10-20)25-17-19(11-13-22(25)29-23)30-31-24-15-16-36-27(24)28(34)35-3/h6-18H,4-5H2,1-3H3/q+1. The number of carbonyl (C=O) groups excluding carboxylic acids is 1. The van der Waals surface area contributed by atoms with Gasteiger partial charge in [0.05, 0.1) is 12.8 Å². The van der Waals surface area contributed by atoms with Gasteiger partial charge < -0.3 is 9.64 Å². The minimum absolute atomic E-state index is 0.418. The zero-order valence-corrected chi connectivity index (χ0v) is 21.2.